The molecular formula is C17H32N4. The molecular weight excluding hydrogens is 260 g/mol. The fourth-order valence-electron chi connectivity index (χ4n) is 3.93. The summed E-state index contributed by atoms with van der Waals surface area (Å²) in [7, 11) is 0. The number of nitrogens with one attached hydrogen (secondary N) is 1. The highest BCUT2D eigenvalue weighted by Gasteiger charge is 2.37. The van der Waals surface area contributed by atoms with Gasteiger partial charge < -0.3 is 5.32 Å². The summed E-state index contributed by atoms with van der Waals surface area (Å²) in [4.78, 5) is 4.51. The highest BCUT2D eigenvalue weighted by atomic mass is 15.3. The van der Waals surface area contributed by atoms with Gasteiger partial charge in [0.2, 0.25) is 0 Å². The Balaban J connectivity index is 2.12. The van der Waals surface area contributed by atoms with E-state index in [4.69, 9.17) is 0 Å². The van der Waals surface area contributed by atoms with Crippen LogP contribution in [-0.4, -0.2) is 27.4 Å². The van der Waals surface area contributed by atoms with E-state index in [0.29, 0.717) is 11.5 Å². The molecule has 1 saturated carbocycles. The molecule has 1 aliphatic carbocycles. The van der Waals surface area contributed by atoms with Crippen molar-refractivity contribution in [2.75, 3.05) is 6.54 Å². The number of nitrogens with zero attached hydrogens (tertiary/aromatic N) is 3. The van der Waals surface area contributed by atoms with Crippen molar-refractivity contribution in [3.05, 3.63) is 12.2 Å². The zero-order valence-corrected chi connectivity index (χ0v) is 14.2. The van der Waals surface area contributed by atoms with Crippen LogP contribution in [0.3, 0.4) is 0 Å². The van der Waals surface area contributed by atoms with Crippen molar-refractivity contribution in [2.24, 2.45) is 11.3 Å². The molecule has 0 bridgehead atoms. The van der Waals surface area contributed by atoms with Gasteiger partial charge in [0.05, 0.1) is 0 Å². The maximum atomic E-state index is 4.51. The second-order valence-corrected chi connectivity index (χ2v) is 7.11. The number of rotatable bonds is 7. The smallest absolute Gasteiger partial charge is 0.138 e. The number of aromatic nitrogens is 3. The van der Waals surface area contributed by atoms with Gasteiger partial charge in [-0.1, -0.05) is 40.5 Å². The lowest BCUT2D eigenvalue weighted by Crippen LogP contribution is -2.46. The molecule has 2 rings (SSSR count). The van der Waals surface area contributed by atoms with Crippen LogP contribution in [0.4, 0.5) is 0 Å². The van der Waals surface area contributed by atoms with E-state index in [9.17, 15) is 0 Å². The Kier molecular flexibility index (Phi) is 5.80. The Morgan fingerprint density at radius 1 is 1.38 bits per heavy atom. The van der Waals surface area contributed by atoms with Gasteiger partial charge in [0, 0.05) is 19.0 Å². The van der Waals surface area contributed by atoms with E-state index in [0.717, 1.165) is 37.7 Å². The number of hydrogen-bond donors (Lipinski definition) is 1. The summed E-state index contributed by atoms with van der Waals surface area (Å²) in [5.41, 5.74) is 0.431. The van der Waals surface area contributed by atoms with Gasteiger partial charge in [0.15, 0.2) is 0 Å². The molecule has 0 saturated heterocycles. The molecule has 0 amide bonds. The third-order valence-electron chi connectivity index (χ3n) is 5.08. The molecule has 1 aliphatic rings. The summed E-state index contributed by atoms with van der Waals surface area (Å²) in [5, 5.41) is 8.11. The highest BCUT2D eigenvalue weighted by Crippen LogP contribution is 2.42. The van der Waals surface area contributed by atoms with Gasteiger partial charge in [-0.25, -0.2) is 4.98 Å². The van der Waals surface area contributed by atoms with Crippen molar-refractivity contribution >= 4 is 0 Å². The minimum Gasteiger partial charge on any atom is -0.314 e. The highest BCUT2D eigenvalue weighted by molar-refractivity contribution is 4.97. The molecule has 2 unspecified atom stereocenters. The van der Waals surface area contributed by atoms with Crippen LogP contribution < -0.4 is 5.32 Å². The average Bonchev–Trinajstić information content (AvgIpc) is 2.86. The molecule has 1 aromatic heterocycles. The maximum absolute atomic E-state index is 4.51. The van der Waals surface area contributed by atoms with Crippen molar-refractivity contribution in [3.63, 3.8) is 0 Å². The van der Waals surface area contributed by atoms with Crippen LogP contribution >= 0.6 is 0 Å². The van der Waals surface area contributed by atoms with E-state index in [1.54, 1.807) is 6.33 Å². The van der Waals surface area contributed by atoms with Crippen LogP contribution in [-0.2, 0) is 13.0 Å². The number of likely N-dealkylation sites (N-methyl/N-ethyl adjacent to an activating group) is 1. The summed E-state index contributed by atoms with van der Waals surface area (Å²) in [6.07, 6.45) is 9.26. The van der Waals surface area contributed by atoms with E-state index in [-0.39, 0.29) is 0 Å². The molecule has 1 N–H and O–H groups in total. The van der Waals surface area contributed by atoms with E-state index in [1.165, 1.54) is 25.7 Å². The first-order valence-corrected chi connectivity index (χ1v) is 8.68. The Bertz CT molecular complexity index is 424. The lowest BCUT2D eigenvalue weighted by atomic mass is 9.65. The minimum absolute atomic E-state index is 0.431. The van der Waals surface area contributed by atoms with E-state index in [2.05, 4.69) is 47.8 Å². The monoisotopic (exact) mass is 292 g/mol. The number of hydrogen-bond acceptors (Lipinski definition) is 3. The zero-order valence-electron chi connectivity index (χ0n) is 14.2. The van der Waals surface area contributed by atoms with E-state index < -0.39 is 0 Å². The molecule has 4 nitrogen and oxygen atoms in total. The summed E-state index contributed by atoms with van der Waals surface area (Å²) in [6, 6.07) is 0.519. The predicted octanol–water partition coefficient (Wildman–Crippen LogP) is 3.43. The van der Waals surface area contributed by atoms with Gasteiger partial charge in [-0.05, 0) is 37.1 Å². The lowest BCUT2D eigenvalue weighted by molar-refractivity contribution is 0.0975. The number of aryl methyl sites for hydroxylation is 1. The summed E-state index contributed by atoms with van der Waals surface area (Å²) in [6.45, 7) is 11.3. The molecule has 1 fully saturated rings. The van der Waals surface area contributed by atoms with Gasteiger partial charge in [-0.3, -0.25) is 4.68 Å². The third-order valence-corrected chi connectivity index (χ3v) is 5.08. The van der Waals surface area contributed by atoms with Crippen LogP contribution in [0.5, 0.6) is 0 Å². The Morgan fingerprint density at radius 2 is 2.19 bits per heavy atom. The van der Waals surface area contributed by atoms with Crippen LogP contribution in [0.15, 0.2) is 6.33 Å². The minimum atomic E-state index is 0.431. The largest absolute Gasteiger partial charge is 0.314 e. The Hall–Kier alpha value is -0.900. The molecule has 2 atom stereocenters. The summed E-state index contributed by atoms with van der Waals surface area (Å²) < 4.78 is 2.08. The first kappa shape index (κ1) is 16.5. The van der Waals surface area contributed by atoms with Gasteiger partial charge in [0.25, 0.3) is 0 Å². The molecule has 0 aliphatic heterocycles. The molecule has 0 spiro atoms. The Labute approximate surface area is 129 Å². The molecule has 1 aromatic rings. The topological polar surface area (TPSA) is 42.7 Å². The van der Waals surface area contributed by atoms with Crippen molar-refractivity contribution in [1.82, 2.24) is 20.1 Å². The van der Waals surface area contributed by atoms with Gasteiger partial charge >= 0.3 is 0 Å². The van der Waals surface area contributed by atoms with Gasteiger partial charge in [0.1, 0.15) is 12.2 Å². The fraction of sp³-hybridized carbons (Fsp3) is 0.882. The van der Waals surface area contributed by atoms with Crippen molar-refractivity contribution < 1.29 is 0 Å². The molecule has 120 valence electrons. The van der Waals surface area contributed by atoms with Gasteiger partial charge in [-0.2, -0.15) is 5.10 Å². The van der Waals surface area contributed by atoms with E-state index in [1.807, 2.05) is 0 Å². The second-order valence-electron chi connectivity index (χ2n) is 7.11. The second kappa shape index (κ2) is 7.39. The van der Waals surface area contributed by atoms with Crippen molar-refractivity contribution in [3.8, 4) is 0 Å². The predicted molar refractivity (Wildman–Crippen MR) is 87.2 cm³/mol. The standard InChI is InChI=1S/C17H32N4/c1-5-11-21-16(19-13-20-21)12-15(18-6-2)14-9-7-8-10-17(14,3)4/h13-15,18H,5-12H2,1-4H3. The maximum Gasteiger partial charge on any atom is 0.138 e. The van der Waals surface area contributed by atoms with Crippen LogP contribution in [0.25, 0.3) is 0 Å². The average molecular weight is 292 g/mol. The molecule has 21 heavy (non-hydrogen) atoms. The van der Waals surface area contributed by atoms with Crippen LogP contribution in [0, 0.1) is 11.3 Å². The normalized spacial score (nSPS) is 23.1. The van der Waals surface area contributed by atoms with Crippen LogP contribution in [0.1, 0.15) is 65.6 Å². The Morgan fingerprint density at radius 3 is 2.86 bits per heavy atom. The first-order chi connectivity index (χ1) is 10.1. The molecule has 1 heterocycles. The van der Waals surface area contributed by atoms with Crippen LogP contribution in [0.2, 0.25) is 0 Å². The fourth-order valence-corrected chi connectivity index (χ4v) is 3.93. The van der Waals surface area contributed by atoms with Gasteiger partial charge in [-0.15, -0.1) is 0 Å². The molecule has 0 radical (unpaired) electrons. The first-order valence-electron chi connectivity index (χ1n) is 8.68. The summed E-state index contributed by atoms with van der Waals surface area (Å²) >= 11 is 0. The summed E-state index contributed by atoms with van der Waals surface area (Å²) in [5.74, 6) is 1.88. The van der Waals surface area contributed by atoms with Crippen molar-refractivity contribution in [1.29, 1.82) is 0 Å². The zero-order chi connectivity index (χ0) is 15.3. The third kappa shape index (κ3) is 4.06. The van der Waals surface area contributed by atoms with E-state index >= 15 is 0 Å². The lowest BCUT2D eigenvalue weighted by Gasteiger charge is -2.43. The molecule has 4 heteroatoms. The molecule has 0 aromatic carbocycles. The quantitative estimate of drug-likeness (QED) is 0.837. The van der Waals surface area contributed by atoms with Crippen molar-refractivity contribution in [2.45, 2.75) is 78.8 Å². The SMILES string of the molecule is CCCn1ncnc1CC(NCC)C1CCCCC1(C)C.